The van der Waals surface area contributed by atoms with Crippen LogP contribution in [0.5, 0.6) is 0 Å². The van der Waals surface area contributed by atoms with Crippen LogP contribution >= 0.6 is 11.6 Å². The zero-order valence-electron chi connectivity index (χ0n) is 10.4. The van der Waals surface area contributed by atoms with Crippen molar-refractivity contribution in [1.82, 2.24) is 9.55 Å². The highest BCUT2D eigenvalue weighted by Gasteiger charge is 2.14. The van der Waals surface area contributed by atoms with Gasteiger partial charge in [-0.15, -0.1) is 0 Å². The molecule has 4 heteroatoms. The Balaban J connectivity index is 2.64. The molecule has 3 nitrogen and oxygen atoms in total. The maximum atomic E-state index is 6.05. The molecule has 0 N–H and O–H groups in total. The number of rotatable bonds is 4. The van der Waals surface area contributed by atoms with E-state index in [4.69, 9.17) is 16.3 Å². The maximum Gasteiger partial charge on any atom is 0.136 e. The van der Waals surface area contributed by atoms with Gasteiger partial charge in [0.1, 0.15) is 12.4 Å². The molecular formula is C13H17ClN2O. The fourth-order valence-electron chi connectivity index (χ4n) is 2.02. The number of nitrogens with zero attached hydrogens (tertiary/aromatic N) is 2. The summed E-state index contributed by atoms with van der Waals surface area (Å²) in [6.07, 6.45) is 1.05. The van der Waals surface area contributed by atoms with Crippen molar-refractivity contribution in [3.63, 3.8) is 0 Å². The van der Waals surface area contributed by atoms with Gasteiger partial charge in [0.2, 0.25) is 0 Å². The SMILES string of the molecule is CCC(C)n1c(COC)nc2ccc(Cl)cc21. The van der Waals surface area contributed by atoms with Crippen molar-refractivity contribution >= 4 is 22.6 Å². The summed E-state index contributed by atoms with van der Waals surface area (Å²) in [7, 11) is 1.69. The lowest BCUT2D eigenvalue weighted by Gasteiger charge is -2.15. The summed E-state index contributed by atoms with van der Waals surface area (Å²) in [5, 5.41) is 0.742. The minimum atomic E-state index is 0.392. The van der Waals surface area contributed by atoms with Gasteiger partial charge in [-0.1, -0.05) is 18.5 Å². The van der Waals surface area contributed by atoms with Gasteiger partial charge in [0.25, 0.3) is 0 Å². The van der Waals surface area contributed by atoms with Crippen molar-refractivity contribution in [2.75, 3.05) is 7.11 Å². The van der Waals surface area contributed by atoms with Crippen molar-refractivity contribution in [2.45, 2.75) is 32.9 Å². The van der Waals surface area contributed by atoms with Gasteiger partial charge in [-0.3, -0.25) is 0 Å². The van der Waals surface area contributed by atoms with Crippen LogP contribution in [0.2, 0.25) is 5.02 Å². The molecule has 0 fully saturated rings. The summed E-state index contributed by atoms with van der Waals surface area (Å²) >= 11 is 6.05. The number of fused-ring (bicyclic) bond motifs is 1. The number of imidazole rings is 1. The highest BCUT2D eigenvalue weighted by atomic mass is 35.5. The fraction of sp³-hybridized carbons (Fsp3) is 0.462. The second-order valence-electron chi connectivity index (χ2n) is 4.22. The van der Waals surface area contributed by atoms with E-state index in [0.29, 0.717) is 12.6 Å². The van der Waals surface area contributed by atoms with Crippen LogP contribution in [0.3, 0.4) is 0 Å². The van der Waals surface area contributed by atoms with Crippen LogP contribution in [0.15, 0.2) is 18.2 Å². The quantitative estimate of drug-likeness (QED) is 0.828. The van der Waals surface area contributed by atoms with Crippen LogP contribution in [0.25, 0.3) is 11.0 Å². The third kappa shape index (κ3) is 2.31. The van der Waals surface area contributed by atoms with Gasteiger partial charge >= 0.3 is 0 Å². The lowest BCUT2D eigenvalue weighted by molar-refractivity contribution is 0.173. The number of benzene rings is 1. The standard InChI is InChI=1S/C13H17ClN2O/c1-4-9(2)16-12-7-10(14)5-6-11(12)15-13(16)8-17-3/h5-7,9H,4,8H2,1-3H3. The molecule has 0 radical (unpaired) electrons. The van der Waals surface area contributed by atoms with Crippen LogP contribution in [-0.2, 0) is 11.3 Å². The van der Waals surface area contributed by atoms with E-state index in [1.165, 1.54) is 0 Å². The van der Waals surface area contributed by atoms with E-state index in [1.807, 2.05) is 18.2 Å². The van der Waals surface area contributed by atoms with Crippen LogP contribution in [0, 0.1) is 0 Å². The number of hydrogen-bond donors (Lipinski definition) is 0. The highest BCUT2D eigenvalue weighted by Crippen LogP contribution is 2.25. The van der Waals surface area contributed by atoms with Gasteiger partial charge < -0.3 is 9.30 Å². The summed E-state index contributed by atoms with van der Waals surface area (Å²) in [5.41, 5.74) is 2.06. The Morgan fingerprint density at radius 2 is 2.24 bits per heavy atom. The molecule has 1 atom stereocenters. The molecule has 1 unspecified atom stereocenters. The molecule has 92 valence electrons. The zero-order chi connectivity index (χ0) is 12.4. The fourth-order valence-corrected chi connectivity index (χ4v) is 2.19. The smallest absolute Gasteiger partial charge is 0.136 e. The van der Waals surface area contributed by atoms with Crippen LogP contribution < -0.4 is 0 Å². The molecule has 0 amide bonds. The van der Waals surface area contributed by atoms with E-state index >= 15 is 0 Å². The van der Waals surface area contributed by atoms with E-state index in [2.05, 4.69) is 23.4 Å². The number of ether oxygens (including phenoxy) is 1. The lowest BCUT2D eigenvalue weighted by Crippen LogP contribution is -2.09. The Labute approximate surface area is 106 Å². The molecule has 2 aromatic rings. The number of hydrogen-bond acceptors (Lipinski definition) is 2. The molecule has 17 heavy (non-hydrogen) atoms. The summed E-state index contributed by atoms with van der Waals surface area (Å²) in [5.74, 6) is 0.958. The van der Waals surface area contributed by atoms with Crippen molar-refractivity contribution in [3.8, 4) is 0 Å². The molecule has 0 bridgehead atoms. The minimum absolute atomic E-state index is 0.392. The predicted octanol–water partition coefficient (Wildman–Crippen LogP) is 3.81. The molecule has 0 aliphatic heterocycles. The lowest BCUT2D eigenvalue weighted by atomic mass is 10.2. The number of methoxy groups -OCH3 is 1. The van der Waals surface area contributed by atoms with Gasteiger partial charge in [0.05, 0.1) is 11.0 Å². The summed E-state index contributed by atoms with van der Waals surface area (Å²) < 4.78 is 7.42. The van der Waals surface area contributed by atoms with Gasteiger partial charge in [-0.25, -0.2) is 4.98 Å². The molecule has 0 spiro atoms. The van der Waals surface area contributed by atoms with E-state index < -0.39 is 0 Å². The summed E-state index contributed by atoms with van der Waals surface area (Å²) in [6, 6.07) is 6.18. The normalized spacial score (nSPS) is 13.2. The molecule has 1 aromatic heterocycles. The third-order valence-corrected chi connectivity index (χ3v) is 3.26. The third-order valence-electron chi connectivity index (χ3n) is 3.03. The monoisotopic (exact) mass is 252 g/mol. The van der Waals surface area contributed by atoms with E-state index in [-0.39, 0.29) is 0 Å². The van der Waals surface area contributed by atoms with Gasteiger partial charge in [-0.2, -0.15) is 0 Å². The second-order valence-corrected chi connectivity index (χ2v) is 4.66. The van der Waals surface area contributed by atoms with Gasteiger partial charge in [0, 0.05) is 18.2 Å². The molecule has 1 heterocycles. The van der Waals surface area contributed by atoms with Crippen molar-refractivity contribution in [3.05, 3.63) is 29.0 Å². The van der Waals surface area contributed by atoms with E-state index in [1.54, 1.807) is 7.11 Å². The van der Waals surface area contributed by atoms with Crippen LogP contribution in [-0.4, -0.2) is 16.7 Å². The Hall–Kier alpha value is -1.06. The molecule has 0 saturated heterocycles. The Kier molecular flexibility index (Phi) is 3.69. The highest BCUT2D eigenvalue weighted by molar-refractivity contribution is 6.31. The molecule has 1 aromatic carbocycles. The Morgan fingerprint density at radius 3 is 2.88 bits per heavy atom. The number of halogens is 1. The predicted molar refractivity (Wildman–Crippen MR) is 70.5 cm³/mol. The first kappa shape index (κ1) is 12.4. The molecule has 0 aliphatic rings. The Bertz CT molecular complexity index is 521. The first-order valence-electron chi connectivity index (χ1n) is 5.82. The minimum Gasteiger partial charge on any atom is -0.377 e. The van der Waals surface area contributed by atoms with Crippen LogP contribution in [0.1, 0.15) is 32.1 Å². The maximum absolute atomic E-state index is 6.05. The average Bonchev–Trinajstić information content (AvgIpc) is 2.66. The second kappa shape index (κ2) is 5.07. The average molecular weight is 253 g/mol. The van der Waals surface area contributed by atoms with Gasteiger partial charge in [0.15, 0.2) is 0 Å². The first-order chi connectivity index (χ1) is 8.17. The van der Waals surface area contributed by atoms with Crippen molar-refractivity contribution in [2.24, 2.45) is 0 Å². The van der Waals surface area contributed by atoms with Gasteiger partial charge in [-0.05, 0) is 31.5 Å². The first-order valence-corrected chi connectivity index (χ1v) is 6.20. The van der Waals surface area contributed by atoms with Crippen molar-refractivity contribution < 1.29 is 4.74 Å². The summed E-state index contributed by atoms with van der Waals surface area (Å²) in [4.78, 5) is 4.59. The largest absolute Gasteiger partial charge is 0.377 e. The van der Waals surface area contributed by atoms with E-state index in [0.717, 1.165) is 28.3 Å². The molecule has 0 aliphatic carbocycles. The molecule has 0 saturated carbocycles. The van der Waals surface area contributed by atoms with E-state index in [9.17, 15) is 0 Å². The molecule has 2 rings (SSSR count). The topological polar surface area (TPSA) is 27.1 Å². The number of aromatic nitrogens is 2. The molecular weight excluding hydrogens is 236 g/mol. The Morgan fingerprint density at radius 1 is 1.47 bits per heavy atom. The summed E-state index contributed by atoms with van der Waals surface area (Å²) in [6.45, 7) is 4.87. The van der Waals surface area contributed by atoms with Crippen molar-refractivity contribution in [1.29, 1.82) is 0 Å². The van der Waals surface area contributed by atoms with Crippen LogP contribution in [0.4, 0.5) is 0 Å². The zero-order valence-corrected chi connectivity index (χ0v) is 11.2.